The van der Waals surface area contributed by atoms with Crippen LogP contribution in [0, 0.1) is 0 Å². The zero-order valence-electron chi connectivity index (χ0n) is 10.1. The Bertz CT molecular complexity index is 639. The van der Waals surface area contributed by atoms with Gasteiger partial charge in [0, 0.05) is 0 Å². The fourth-order valence-corrected chi connectivity index (χ4v) is 1.53. The predicted octanol–water partition coefficient (Wildman–Crippen LogP) is 0.403. The topological polar surface area (TPSA) is 116 Å². The summed E-state index contributed by atoms with van der Waals surface area (Å²) in [6.07, 6.45) is 4.17. The first-order valence-corrected chi connectivity index (χ1v) is 5.54. The summed E-state index contributed by atoms with van der Waals surface area (Å²) in [5.74, 6) is -2.09. The molecule has 1 aromatic carbocycles. The molecular formula is C13H10N2O5. The molecule has 4 N–H and O–H groups in total. The van der Waals surface area contributed by atoms with Crippen LogP contribution in [-0.2, 0) is 9.59 Å². The van der Waals surface area contributed by atoms with Gasteiger partial charge in [0.25, 0.3) is 11.8 Å². The third-order valence-electron chi connectivity index (χ3n) is 2.49. The highest BCUT2D eigenvalue weighted by Gasteiger charge is 2.26. The van der Waals surface area contributed by atoms with Crippen LogP contribution >= 0.6 is 0 Å². The Morgan fingerprint density at radius 1 is 0.950 bits per heavy atom. The van der Waals surface area contributed by atoms with Crippen molar-refractivity contribution in [2.75, 3.05) is 0 Å². The molecule has 0 spiro atoms. The van der Waals surface area contributed by atoms with Gasteiger partial charge in [0.15, 0.2) is 11.5 Å². The number of rotatable bonds is 2. The molecule has 20 heavy (non-hydrogen) atoms. The van der Waals surface area contributed by atoms with Gasteiger partial charge in [-0.2, -0.15) is 0 Å². The third-order valence-corrected chi connectivity index (χ3v) is 2.49. The van der Waals surface area contributed by atoms with Crippen molar-refractivity contribution in [3.8, 4) is 11.5 Å². The van der Waals surface area contributed by atoms with E-state index in [1.807, 2.05) is 10.6 Å². The highest BCUT2D eigenvalue weighted by Crippen LogP contribution is 2.25. The Kier molecular flexibility index (Phi) is 3.52. The second kappa shape index (κ2) is 5.27. The van der Waals surface area contributed by atoms with Gasteiger partial charge in [-0.25, -0.2) is 4.79 Å². The molecular weight excluding hydrogens is 264 g/mol. The smallest absolute Gasteiger partial charge is 0.328 e. The number of phenolic OH excluding ortho intramolecular Hbond substituents is 2. The fourth-order valence-electron chi connectivity index (χ4n) is 1.53. The van der Waals surface area contributed by atoms with Crippen molar-refractivity contribution >= 4 is 23.9 Å². The highest BCUT2D eigenvalue weighted by atomic mass is 16.3. The van der Waals surface area contributed by atoms with E-state index >= 15 is 0 Å². The quantitative estimate of drug-likeness (QED) is 0.354. The van der Waals surface area contributed by atoms with E-state index in [0.29, 0.717) is 5.56 Å². The molecule has 1 saturated heterocycles. The normalized spacial score (nSPS) is 15.2. The molecule has 7 nitrogen and oxygen atoms in total. The third kappa shape index (κ3) is 2.83. The minimum Gasteiger partial charge on any atom is -0.504 e. The summed E-state index contributed by atoms with van der Waals surface area (Å²) in [4.78, 5) is 33.6. The average Bonchev–Trinajstić information content (AvgIpc) is 2.36. The Morgan fingerprint density at radius 2 is 1.60 bits per heavy atom. The molecule has 0 bridgehead atoms. The summed E-state index contributed by atoms with van der Waals surface area (Å²) in [7, 11) is 0. The number of imide groups is 2. The first-order valence-electron chi connectivity index (χ1n) is 5.54. The molecule has 1 fully saturated rings. The highest BCUT2D eigenvalue weighted by molar-refractivity contribution is 6.29. The molecule has 0 atom stereocenters. The molecule has 7 heteroatoms. The summed E-state index contributed by atoms with van der Waals surface area (Å²) >= 11 is 0. The number of urea groups is 1. The molecule has 0 radical (unpaired) electrons. The van der Waals surface area contributed by atoms with Gasteiger partial charge in [0.05, 0.1) is 0 Å². The Balaban J connectivity index is 2.17. The lowest BCUT2D eigenvalue weighted by molar-refractivity contribution is -0.124. The van der Waals surface area contributed by atoms with Crippen molar-refractivity contribution in [1.82, 2.24) is 10.6 Å². The van der Waals surface area contributed by atoms with Crippen LogP contribution in [0.1, 0.15) is 5.56 Å². The molecule has 4 amide bonds. The summed E-state index contributed by atoms with van der Waals surface area (Å²) in [5, 5.41) is 22.3. The summed E-state index contributed by atoms with van der Waals surface area (Å²) in [6, 6.07) is 3.30. The number of carbonyl (C=O) groups excluding carboxylic acids is 3. The van der Waals surface area contributed by atoms with Crippen LogP contribution in [0.25, 0.3) is 6.08 Å². The average molecular weight is 274 g/mol. The van der Waals surface area contributed by atoms with Crippen molar-refractivity contribution in [2.24, 2.45) is 0 Å². The van der Waals surface area contributed by atoms with Gasteiger partial charge in [-0.05, 0) is 23.8 Å². The maximum Gasteiger partial charge on any atom is 0.328 e. The predicted molar refractivity (Wildman–Crippen MR) is 68.6 cm³/mol. The number of allylic oxidation sites excluding steroid dienone is 2. The van der Waals surface area contributed by atoms with E-state index in [2.05, 4.69) is 0 Å². The molecule has 0 saturated carbocycles. The van der Waals surface area contributed by atoms with Crippen LogP contribution < -0.4 is 10.6 Å². The molecule has 0 aliphatic carbocycles. The van der Waals surface area contributed by atoms with Crippen LogP contribution in [-0.4, -0.2) is 28.1 Å². The standard InChI is InChI=1S/C13H10N2O5/c16-9-5-4-7(6-10(9)17)2-1-3-8-11(18)14-13(20)15-12(8)19/h1-6,16-17H,(H2,14,15,18,19,20)/b2-1+. The lowest BCUT2D eigenvalue weighted by Gasteiger charge is -2.12. The Morgan fingerprint density at radius 3 is 2.20 bits per heavy atom. The van der Waals surface area contributed by atoms with Crippen LogP contribution in [0.3, 0.4) is 0 Å². The number of aromatic hydroxyl groups is 2. The van der Waals surface area contributed by atoms with Gasteiger partial charge in [-0.15, -0.1) is 0 Å². The zero-order chi connectivity index (χ0) is 14.7. The number of barbiturate groups is 1. The lowest BCUT2D eigenvalue weighted by Crippen LogP contribution is -2.51. The summed E-state index contributed by atoms with van der Waals surface area (Å²) in [5.41, 5.74) is 0.355. The van der Waals surface area contributed by atoms with E-state index in [9.17, 15) is 19.5 Å². The number of benzene rings is 1. The van der Waals surface area contributed by atoms with E-state index < -0.39 is 17.8 Å². The van der Waals surface area contributed by atoms with E-state index in [-0.39, 0.29) is 17.1 Å². The van der Waals surface area contributed by atoms with Crippen LogP contribution in [0.2, 0.25) is 0 Å². The number of hydrogen-bond acceptors (Lipinski definition) is 5. The van der Waals surface area contributed by atoms with Crippen molar-refractivity contribution in [2.45, 2.75) is 0 Å². The van der Waals surface area contributed by atoms with Crippen LogP contribution in [0.15, 0.2) is 35.9 Å². The molecule has 1 aliphatic rings. The van der Waals surface area contributed by atoms with E-state index in [1.54, 1.807) is 0 Å². The second-order valence-electron chi connectivity index (χ2n) is 3.92. The van der Waals surface area contributed by atoms with Gasteiger partial charge in [-0.1, -0.05) is 18.2 Å². The number of amides is 4. The molecule has 1 aromatic rings. The number of phenols is 2. The number of nitrogens with one attached hydrogen (secondary N) is 2. The first kappa shape index (κ1) is 13.3. The van der Waals surface area contributed by atoms with Crippen molar-refractivity contribution in [1.29, 1.82) is 0 Å². The van der Waals surface area contributed by atoms with Crippen molar-refractivity contribution in [3.05, 3.63) is 41.5 Å². The largest absolute Gasteiger partial charge is 0.504 e. The summed E-state index contributed by atoms with van der Waals surface area (Å²) < 4.78 is 0. The zero-order valence-corrected chi connectivity index (χ0v) is 10.1. The monoisotopic (exact) mass is 274 g/mol. The Hall–Kier alpha value is -3.09. The molecule has 102 valence electrons. The fraction of sp³-hybridized carbons (Fsp3) is 0. The van der Waals surface area contributed by atoms with E-state index in [1.165, 1.54) is 36.4 Å². The van der Waals surface area contributed by atoms with Crippen LogP contribution in [0.4, 0.5) is 4.79 Å². The molecule has 1 aliphatic heterocycles. The summed E-state index contributed by atoms with van der Waals surface area (Å²) in [6.45, 7) is 0. The SMILES string of the molecule is O=C1NC(=O)C(=C/C=C/c2ccc(O)c(O)c2)C(=O)N1. The second-order valence-corrected chi connectivity index (χ2v) is 3.92. The van der Waals surface area contributed by atoms with Crippen molar-refractivity contribution < 1.29 is 24.6 Å². The lowest BCUT2D eigenvalue weighted by atomic mass is 10.1. The minimum atomic E-state index is -0.857. The van der Waals surface area contributed by atoms with Gasteiger partial charge in [-0.3, -0.25) is 20.2 Å². The van der Waals surface area contributed by atoms with Gasteiger partial charge >= 0.3 is 6.03 Å². The number of hydrogen-bond donors (Lipinski definition) is 4. The molecule has 0 aromatic heterocycles. The minimum absolute atomic E-state index is 0.205. The number of carbonyl (C=O) groups is 3. The molecule has 1 heterocycles. The van der Waals surface area contributed by atoms with E-state index in [0.717, 1.165) is 0 Å². The van der Waals surface area contributed by atoms with Crippen molar-refractivity contribution in [3.63, 3.8) is 0 Å². The molecule has 0 unspecified atom stereocenters. The Labute approximate surface area is 113 Å². The van der Waals surface area contributed by atoms with Crippen LogP contribution in [0.5, 0.6) is 11.5 Å². The maximum atomic E-state index is 11.4. The van der Waals surface area contributed by atoms with Gasteiger partial charge < -0.3 is 10.2 Å². The van der Waals surface area contributed by atoms with Gasteiger partial charge in [0.1, 0.15) is 5.57 Å². The van der Waals surface area contributed by atoms with E-state index in [4.69, 9.17) is 5.11 Å². The maximum absolute atomic E-state index is 11.4. The molecule has 2 rings (SSSR count). The first-order chi connectivity index (χ1) is 9.47. The van der Waals surface area contributed by atoms with Gasteiger partial charge in [0.2, 0.25) is 0 Å².